The van der Waals surface area contributed by atoms with Gasteiger partial charge in [0.2, 0.25) is 5.13 Å². The molecule has 9 nitrogen and oxygen atoms in total. The van der Waals surface area contributed by atoms with Crippen molar-refractivity contribution in [1.29, 1.82) is 0 Å². The standard InChI is InChI=1S/C24H16ClN5O4S/c25-18-12-10-16(11-13-18)23(33)34-19-9-5-4-8-17(19)14-26-28-21(32)20(31)27-24-30-29-22(35-24)15-6-2-1-3-7-15/h1-14H,(H,28,32)(H,27,30,31). The van der Waals surface area contributed by atoms with Gasteiger partial charge in [-0.3, -0.25) is 14.9 Å². The van der Waals surface area contributed by atoms with Gasteiger partial charge >= 0.3 is 17.8 Å². The maximum atomic E-state index is 12.4. The summed E-state index contributed by atoms with van der Waals surface area (Å²) in [6.07, 6.45) is 1.26. The fourth-order valence-corrected chi connectivity index (χ4v) is 3.63. The molecule has 1 heterocycles. The second kappa shape index (κ2) is 11.1. The van der Waals surface area contributed by atoms with Crippen molar-refractivity contribution in [2.24, 2.45) is 5.10 Å². The third kappa shape index (κ3) is 6.34. The number of carbonyl (C=O) groups is 3. The molecule has 4 rings (SSSR count). The first-order valence-corrected chi connectivity index (χ1v) is 11.3. The van der Waals surface area contributed by atoms with Gasteiger partial charge in [0.05, 0.1) is 11.8 Å². The van der Waals surface area contributed by atoms with Gasteiger partial charge in [-0.05, 0) is 36.4 Å². The number of hydrogen-bond donors (Lipinski definition) is 2. The highest BCUT2D eigenvalue weighted by Crippen LogP contribution is 2.25. The molecule has 3 aromatic carbocycles. The number of carbonyl (C=O) groups excluding carboxylic acids is 3. The van der Waals surface area contributed by atoms with Crippen molar-refractivity contribution < 1.29 is 19.1 Å². The molecule has 11 heteroatoms. The van der Waals surface area contributed by atoms with E-state index in [1.807, 2.05) is 30.3 Å². The van der Waals surface area contributed by atoms with Crippen molar-refractivity contribution in [2.75, 3.05) is 5.32 Å². The number of nitrogens with one attached hydrogen (secondary N) is 2. The number of amides is 2. The quantitative estimate of drug-likeness (QED) is 0.133. The van der Waals surface area contributed by atoms with Gasteiger partial charge in [-0.2, -0.15) is 5.10 Å². The molecule has 0 saturated heterocycles. The highest BCUT2D eigenvalue weighted by molar-refractivity contribution is 7.18. The van der Waals surface area contributed by atoms with E-state index in [9.17, 15) is 14.4 Å². The molecule has 0 aliphatic rings. The molecule has 35 heavy (non-hydrogen) atoms. The van der Waals surface area contributed by atoms with Gasteiger partial charge in [0.15, 0.2) is 0 Å². The first kappa shape index (κ1) is 23.7. The maximum absolute atomic E-state index is 12.4. The first-order valence-electron chi connectivity index (χ1n) is 10.1. The molecule has 0 aliphatic heterocycles. The summed E-state index contributed by atoms with van der Waals surface area (Å²) < 4.78 is 5.42. The van der Waals surface area contributed by atoms with Gasteiger partial charge in [0, 0.05) is 16.1 Å². The zero-order valence-electron chi connectivity index (χ0n) is 17.8. The summed E-state index contributed by atoms with van der Waals surface area (Å²) in [5.41, 5.74) is 3.70. The van der Waals surface area contributed by atoms with Crippen LogP contribution in [0.2, 0.25) is 5.02 Å². The number of ether oxygens (including phenoxy) is 1. The van der Waals surface area contributed by atoms with Crippen LogP contribution in [0.4, 0.5) is 5.13 Å². The molecule has 4 aromatic rings. The summed E-state index contributed by atoms with van der Waals surface area (Å²) in [4.78, 5) is 36.6. The number of anilines is 1. The van der Waals surface area contributed by atoms with Crippen molar-refractivity contribution in [2.45, 2.75) is 0 Å². The average Bonchev–Trinajstić information content (AvgIpc) is 3.34. The van der Waals surface area contributed by atoms with Crippen molar-refractivity contribution in [3.8, 4) is 16.3 Å². The Morgan fingerprint density at radius 1 is 0.886 bits per heavy atom. The lowest BCUT2D eigenvalue weighted by Gasteiger charge is -2.07. The summed E-state index contributed by atoms with van der Waals surface area (Å²) in [7, 11) is 0. The van der Waals surface area contributed by atoms with Gasteiger partial charge in [-0.1, -0.05) is 65.4 Å². The van der Waals surface area contributed by atoms with E-state index in [1.54, 1.807) is 48.5 Å². The van der Waals surface area contributed by atoms with Crippen molar-refractivity contribution in [3.63, 3.8) is 0 Å². The van der Waals surface area contributed by atoms with Gasteiger partial charge in [0.1, 0.15) is 10.8 Å². The van der Waals surface area contributed by atoms with Crippen LogP contribution in [0.25, 0.3) is 10.6 Å². The zero-order chi connectivity index (χ0) is 24.6. The molecule has 0 unspecified atom stereocenters. The third-order valence-electron chi connectivity index (χ3n) is 4.44. The molecule has 2 amide bonds. The van der Waals surface area contributed by atoms with E-state index in [1.165, 1.54) is 6.21 Å². The number of nitrogens with zero attached hydrogens (tertiary/aromatic N) is 3. The van der Waals surface area contributed by atoms with Crippen LogP contribution in [-0.2, 0) is 9.59 Å². The maximum Gasteiger partial charge on any atom is 0.343 e. The molecule has 0 saturated carbocycles. The average molecular weight is 506 g/mol. The predicted octanol–water partition coefficient (Wildman–Crippen LogP) is 4.17. The van der Waals surface area contributed by atoms with Crippen LogP contribution in [0.15, 0.2) is 84.0 Å². The number of hydrogen-bond acceptors (Lipinski definition) is 8. The largest absolute Gasteiger partial charge is 0.422 e. The lowest BCUT2D eigenvalue weighted by atomic mass is 10.2. The van der Waals surface area contributed by atoms with E-state index in [0.717, 1.165) is 16.9 Å². The van der Waals surface area contributed by atoms with Gasteiger partial charge in [-0.15, -0.1) is 10.2 Å². The number of hydrazone groups is 1. The fourth-order valence-electron chi connectivity index (χ4n) is 2.76. The molecular weight excluding hydrogens is 490 g/mol. The van der Waals surface area contributed by atoms with Crippen LogP contribution in [0.1, 0.15) is 15.9 Å². The lowest BCUT2D eigenvalue weighted by molar-refractivity contribution is -0.136. The minimum absolute atomic E-state index is 0.174. The van der Waals surface area contributed by atoms with E-state index < -0.39 is 17.8 Å². The van der Waals surface area contributed by atoms with Crippen molar-refractivity contribution in [1.82, 2.24) is 15.6 Å². The topological polar surface area (TPSA) is 123 Å². The highest BCUT2D eigenvalue weighted by Gasteiger charge is 2.16. The zero-order valence-corrected chi connectivity index (χ0v) is 19.4. The monoisotopic (exact) mass is 505 g/mol. The summed E-state index contributed by atoms with van der Waals surface area (Å²) >= 11 is 6.97. The molecule has 0 radical (unpaired) electrons. The van der Waals surface area contributed by atoms with E-state index >= 15 is 0 Å². The van der Waals surface area contributed by atoms with Crippen LogP contribution in [0, 0.1) is 0 Å². The van der Waals surface area contributed by atoms with Gasteiger partial charge in [0.25, 0.3) is 0 Å². The van der Waals surface area contributed by atoms with Crippen LogP contribution in [-0.4, -0.2) is 34.2 Å². The second-order valence-corrected chi connectivity index (χ2v) is 8.28. The minimum atomic E-state index is -1.01. The van der Waals surface area contributed by atoms with E-state index in [-0.39, 0.29) is 10.9 Å². The van der Waals surface area contributed by atoms with E-state index in [0.29, 0.717) is 21.2 Å². The summed E-state index contributed by atoms with van der Waals surface area (Å²) in [6, 6.07) is 22.1. The highest BCUT2D eigenvalue weighted by atomic mass is 35.5. The number of rotatable bonds is 6. The molecule has 0 fully saturated rings. The number of para-hydroxylation sites is 1. The molecular formula is C24H16ClN5O4S. The van der Waals surface area contributed by atoms with Crippen LogP contribution in [0.3, 0.4) is 0 Å². The first-order chi connectivity index (χ1) is 17.0. The van der Waals surface area contributed by atoms with Crippen LogP contribution < -0.4 is 15.5 Å². The predicted molar refractivity (Wildman–Crippen MR) is 133 cm³/mol. The molecule has 1 aromatic heterocycles. The Hall–Kier alpha value is -4.41. The molecule has 0 spiro atoms. The molecule has 174 valence electrons. The lowest BCUT2D eigenvalue weighted by Crippen LogP contribution is -2.32. The summed E-state index contributed by atoms with van der Waals surface area (Å²) in [6.45, 7) is 0. The van der Waals surface area contributed by atoms with Gasteiger partial charge in [-0.25, -0.2) is 10.2 Å². The summed E-state index contributed by atoms with van der Waals surface area (Å²) in [5, 5.41) is 15.3. The normalized spacial score (nSPS) is 10.7. The Morgan fingerprint density at radius 2 is 1.60 bits per heavy atom. The van der Waals surface area contributed by atoms with E-state index in [4.69, 9.17) is 16.3 Å². The molecule has 0 aliphatic carbocycles. The smallest absolute Gasteiger partial charge is 0.343 e. The summed E-state index contributed by atoms with van der Waals surface area (Å²) in [5.74, 6) is -2.33. The Morgan fingerprint density at radius 3 is 2.37 bits per heavy atom. The number of halogens is 1. The number of esters is 1. The Labute approximate surface area is 208 Å². The molecule has 0 atom stereocenters. The Kier molecular flexibility index (Phi) is 7.56. The molecule has 0 bridgehead atoms. The SMILES string of the molecule is O=C(NN=Cc1ccccc1OC(=O)c1ccc(Cl)cc1)C(=O)Nc1nnc(-c2ccccc2)s1. The van der Waals surface area contributed by atoms with E-state index in [2.05, 4.69) is 26.0 Å². The number of aromatic nitrogens is 2. The minimum Gasteiger partial charge on any atom is -0.422 e. The third-order valence-corrected chi connectivity index (χ3v) is 5.58. The van der Waals surface area contributed by atoms with Crippen molar-refractivity contribution >= 4 is 52.1 Å². The fraction of sp³-hybridized carbons (Fsp3) is 0. The number of benzene rings is 3. The van der Waals surface area contributed by atoms with Crippen LogP contribution in [0.5, 0.6) is 5.75 Å². The molecule has 2 N–H and O–H groups in total. The van der Waals surface area contributed by atoms with Crippen molar-refractivity contribution in [3.05, 3.63) is 95.0 Å². The Balaban J connectivity index is 1.35. The second-order valence-electron chi connectivity index (χ2n) is 6.87. The van der Waals surface area contributed by atoms with Gasteiger partial charge < -0.3 is 4.74 Å². The Bertz CT molecular complexity index is 1390. The van der Waals surface area contributed by atoms with Crippen LogP contribution >= 0.6 is 22.9 Å².